The molecule has 1 saturated heterocycles. The maximum absolute atomic E-state index is 5.77. The van der Waals surface area contributed by atoms with Gasteiger partial charge in [0.25, 0.3) is 0 Å². The second kappa shape index (κ2) is 10.9. The Balaban J connectivity index is 0.00000261. The van der Waals surface area contributed by atoms with Gasteiger partial charge in [0.1, 0.15) is 0 Å². The van der Waals surface area contributed by atoms with Crippen molar-refractivity contribution in [3.63, 3.8) is 0 Å². The normalized spacial score (nSPS) is 18.8. The molecule has 0 spiro atoms. The highest BCUT2D eigenvalue weighted by atomic mass is 127. The summed E-state index contributed by atoms with van der Waals surface area (Å²) in [6.45, 7) is 6.21. The first-order chi connectivity index (χ1) is 12.7. The van der Waals surface area contributed by atoms with Crippen LogP contribution in [0.2, 0.25) is 0 Å². The van der Waals surface area contributed by atoms with Crippen LogP contribution >= 0.6 is 24.0 Å². The molecule has 8 heteroatoms. The Morgan fingerprint density at radius 2 is 1.89 bits per heavy atom. The van der Waals surface area contributed by atoms with Crippen LogP contribution in [0.15, 0.2) is 23.2 Å². The molecular formula is C19H30IN3O4. The lowest BCUT2D eigenvalue weighted by Crippen LogP contribution is -2.42. The highest BCUT2D eigenvalue weighted by molar-refractivity contribution is 14.0. The lowest BCUT2D eigenvalue weighted by atomic mass is 9.94. The second-order valence-corrected chi connectivity index (χ2v) is 6.53. The zero-order valence-electron chi connectivity index (χ0n) is 16.1. The van der Waals surface area contributed by atoms with Crippen LogP contribution in [-0.4, -0.2) is 58.2 Å². The van der Waals surface area contributed by atoms with Gasteiger partial charge in [-0.15, -0.1) is 24.0 Å². The van der Waals surface area contributed by atoms with Crippen molar-refractivity contribution < 1.29 is 18.9 Å². The number of fused-ring (bicyclic) bond motifs is 1. The van der Waals surface area contributed by atoms with Crippen molar-refractivity contribution in [2.24, 2.45) is 4.99 Å². The Morgan fingerprint density at radius 3 is 2.59 bits per heavy atom. The monoisotopic (exact) mass is 491 g/mol. The molecule has 152 valence electrons. The van der Waals surface area contributed by atoms with Gasteiger partial charge in [0, 0.05) is 57.9 Å². The lowest BCUT2D eigenvalue weighted by Gasteiger charge is -2.34. The maximum Gasteiger partial charge on any atom is 0.195 e. The Labute approximate surface area is 178 Å². The Kier molecular flexibility index (Phi) is 8.91. The molecule has 27 heavy (non-hydrogen) atoms. The molecule has 0 radical (unpaired) electrons. The van der Waals surface area contributed by atoms with Gasteiger partial charge in [-0.3, -0.25) is 0 Å². The minimum atomic E-state index is -0.245. The van der Waals surface area contributed by atoms with E-state index in [1.807, 2.05) is 25.1 Å². The first-order valence-electron chi connectivity index (χ1n) is 9.32. The maximum atomic E-state index is 5.77. The number of halogens is 1. The summed E-state index contributed by atoms with van der Waals surface area (Å²) in [5.41, 5.74) is 0.665. The largest absolute Gasteiger partial charge is 0.490 e. The van der Waals surface area contributed by atoms with Crippen molar-refractivity contribution in [3.05, 3.63) is 18.2 Å². The van der Waals surface area contributed by atoms with Crippen LogP contribution in [0.3, 0.4) is 0 Å². The quantitative estimate of drug-likeness (QED) is 0.375. The van der Waals surface area contributed by atoms with Crippen LogP contribution in [0, 0.1) is 0 Å². The molecule has 2 aliphatic heterocycles. The molecular weight excluding hydrogens is 461 g/mol. The zero-order valence-corrected chi connectivity index (χ0v) is 18.4. The summed E-state index contributed by atoms with van der Waals surface area (Å²) in [7, 11) is 1.75. The Bertz CT molecular complexity index is 621. The van der Waals surface area contributed by atoms with Gasteiger partial charge in [0.05, 0.1) is 25.4 Å². The number of anilines is 1. The van der Waals surface area contributed by atoms with E-state index in [9.17, 15) is 0 Å². The van der Waals surface area contributed by atoms with E-state index < -0.39 is 0 Å². The molecule has 2 N–H and O–H groups in total. The van der Waals surface area contributed by atoms with E-state index in [4.69, 9.17) is 23.9 Å². The van der Waals surface area contributed by atoms with Crippen LogP contribution in [-0.2, 0) is 9.47 Å². The summed E-state index contributed by atoms with van der Waals surface area (Å²) in [5, 5.41) is 6.63. The lowest BCUT2D eigenvalue weighted by molar-refractivity contribution is -0.0828. The number of nitrogens with zero attached hydrogens (tertiary/aromatic N) is 1. The molecule has 0 bridgehead atoms. The summed E-state index contributed by atoms with van der Waals surface area (Å²) in [6, 6.07) is 5.86. The number of guanidine groups is 1. The molecule has 3 rings (SSSR count). The van der Waals surface area contributed by atoms with Crippen molar-refractivity contribution >= 4 is 35.6 Å². The summed E-state index contributed by atoms with van der Waals surface area (Å²) < 4.78 is 22.7. The molecule has 0 atom stereocenters. The number of benzene rings is 1. The van der Waals surface area contributed by atoms with Crippen molar-refractivity contribution in [2.75, 3.05) is 51.9 Å². The fraction of sp³-hybridized carbons (Fsp3) is 0.632. The van der Waals surface area contributed by atoms with Crippen molar-refractivity contribution in [1.82, 2.24) is 5.32 Å². The number of rotatable bonds is 5. The van der Waals surface area contributed by atoms with E-state index in [-0.39, 0.29) is 29.6 Å². The molecule has 0 unspecified atom stereocenters. The minimum absolute atomic E-state index is 0. The van der Waals surface area contributed by atoms with Gasteiger partial charge in [0.15, 0.2) is 17.5 Å². The van der Waals surface area contributed by atoms with E-state index in [0.717, 1.165) is 62.2 Å². The molecule has 7 nitrogen and oxygen atoms in total. The van der Waals surface area contributed by atoms with Crippen LogP contribution in [0.25, 0.3) is 0 Å². The molecule has 0 aromatic heterocycles. The van der Waals surface area contributed by atoms with Gasteiger partial charge in [-0.2, -0.15) is 0 Å². The topological polar surface area (TPSA) is 73.3 Å². The first kappa shape index (κ1) is 22.0. The van der Waals surface area contributed by atoms with Gasteiger partial charge in [-0.25, -0.2) is 4.99 Å². The molecule has 2 aliphatic rings. The number of hydrogen-bond acceptors (Lipinski definition) is 5. The highest BCUT2D eigenvalue weighted by Crippen LogP contribution is 2.32. The fourth-order valence-electron chi connectivity index (χ4n) is 3.08. The van der Waals surface area contributed by atoms with Crippen LogP contribution < -0.4 is 20.1 Å². The molecule has 1 aromatic rings. The average Bonchev–Trinajstić information content (AvgIpc) is 2.92. The van der Waals surface area contributed by atoms with Gasteiger partial charge >= 0.3 is 0 Å². The number of nitrogens with one attached hydrogen (secondary N) is 2. The highest BCUT2D eigenvalue weighted by Gasteiger charge is 2.32. The van der Waals surface area contributed by atoms with Gasteiger partial charge < -0.3 is 29.6 Å². The van der Waals surface area contributed by atoms with Crippen LogP contribution in [0.4, 0.5) is 5.69 Å². The number of methoxy groups -OCH3 is 1. The average molecular weight is 491 g/mol. The summed E-state index contributed by atoms with van der Waals surface area (Å²) in [5.74, 6) is 2.28. The molecule has 0 saturated carbocycles. The molecule has 1 aromatic carbocycles. The third kappa shape index (κ3) is 6.11. The summed E-state index contributed by atoms with van der Waals surface area (Å²) in [6.07, 6.45) is 2.61. The van der Waals surface area contributed by atoms with Gasteiger partial charge in [-0.05, 0) is 19.1 Å². The van der Waals surface area contributed by atoms with Crippen molar-refractivity contribution in [2.45, 2.75) is 31.8 Å². The molecule has 0 aliphatic carbocycles. The number of aliphatic imine (C=N–C) groups is 1. The Hall–Kier alpha value is -1.26. The second-order valence-electron chi connectivity index (χ2n) is 6.53. The molecule has 2 heterocycles. The van der Waals surface area contributed by atoms with E-state index in [2.05, 4.69) is 10.6 Å². The molecule has 0 amide bonds. The van der Waals surface area contributed by atoms with Gasteiger partial charge in [0.2, 0.25) is 0 Å². The van der Waals surface area contributed by atoms with Crippen LogP contribution in [0.5, 0.6) is 11.5 Å². The third-order valence-corrected chi connectivity index (χ3v) is 4.72. The molecule has 1 fully saturated rings. The number of hydrogen-bond donors (Lipinski definition) is 2. The predicted molar refractivity (Wildman–Crippen MR) is 117 cm³/mol. The summed E-state index contributed by atoms with van der Waals surface area (Å²) in [4.78, 5) is 4.75. The number of ether oxygens (including phenoxy) is 4. The van der Waals surface area contributed by atoms with Crippen molar-refractivity contribution in [3.8, 4) is 11.5 Å². The van der Waals surface area contributed by atoms with E-state index in [1.54, 1.807) is 7.11 Å². The SMILES string of the molecule is CCNC(=NCC1(OC)CCOCC1)Nc1ccc2c(c1)OCCCO2.I. The zero-order chi connectivity index (χ0) is 18.2. The Morgan fingerprint density at radius 1 is 1.15 bits per heavy atom. The third-order valence-electron chi connectivity index (χ3n) is 4.72. The van der Waals surface area contributed by atoms with Crippen LogP contribution in [0.1, 0.15) is 26.2 Å². The first-order valence-corrected chi connectivity index (χ1v) is 9.32. The van der Waals surface area contributed by atoms with E-state index in [1.165, 1.54) is 0 Å². The summed E-state index contributed by atoms with van der Waals surface area (Å²) >= 11 is 0. The fourth-order valence-corrected chi connectivity index (χ4v) is 3.08. The minimum Gasteiger partial charge on any atom is -0.490 e. The van der Waals surface area contributed by atoms with E-state index >= 15 is 0 Å². The van der Waals surface area contributed by atoms with E-state index in [0.29, 0.717) is 19.8 Å². The van der Waals surface area contributed by atoms with Gasteiger partial charge in [-0.1, -0.05) is 0 Å². The standard InChI is InChI=1S/C19H29N3O4.HI/c1-3-20-18(21-14-19(23-2)7-11-24-12-8-19)22-15-5-6-16-17(13-15)26-10-4-9-25-16;/h5-6,13H,3-4,7-12,14H2,1-2H3,(H2,20,21,22);1H. The smallest absolute Gasteiger partial charge is 0.195 e. The van der Waals surface area contributed by atoms with Crippen molar-refractivity contribution in [1.29, 1.82) is 0 Å². The predicted octanol–water partition coefficient (Wildman–Crippen LogP) is 3.04.